The van der Waals surface area contributed by atoms with Gasteiger partial charge in [-0.1, -0.05) is 18.3 Å². The van der Waals surface area contributed by atoms with Crippen molar-refractivity contribution < 1.29 is 9.53 Å². The van der Waals surface area contributed by atoms with E-state index in [1.165, 1.54) is 23.5 Å². The average Bonchev–Trinajstić information content (AvgIpc) is 2.85. The van der Waals surface area contributed by atoms with Gasteiger partial charge in [0, 0.05) is 48.3 Å². The van der Waals surface area contributed by atoms with Gasteiger partial charge in [-0.15, -0.1) is 0 Å². The first-order chi connectivity index (χ1) is 15.6. The van der Waals surface area contributed by atoms with E-state index in [-0.39, 0.29) is 5.91 Å². The Kier molecular flexibility index (Phi) is 7.03. The topological polar surface area (TPSA) is 70.6 Å². The van der Waals surface area contributed by atoms with Crippen molar-refractivity contribution in [3.8, 4) is 0 Å². The molecule has 0 bridgehead atoms. The van der Waals surface area contributed by atoms with Crippen LogP contribution in [-0.2, 0) is 9.53 Å². The number of morpholine rings is 1. The molecule has 32 heavy (non-hydrogen) atoms. The van der Waals surface area contributed by atoms with Crippen molar-refractivity contribution in [2.24, 2.45) is 0 Å². The lowest BCUT2D eigenvalue weighted by atomic mass is 10.2. The first-order valence-electron chi connectivity index (χ1n) is 10.3. The highest BCUT2D eigenvalue weighted by molar-refractivity contribution is 7.99. The molecule has 1 saturated heterocycles. The van der Waals surface area contributed by atoms with Crippen LogP contribution < -0.4 is 15.1 Å². The number of aromatic nitrogens is 2. The Morgan fingerprint density at radius 2 is 1.84 bits per heavy atom. The zero-order chi connectivity index (χ0) is 22.3. The molecular weight excluding hydrogens is 422 g/mol. The maximum atomic E-state index is 11.7. The van der Waals surface area contributed by atoms with Crippen LogP contribution in [0.25, 0.3) is 0 Å². The van der Waals surface area contributed by atoms with Gasteiger partial charge in [-0.2, -0.15) is 0 Å². The monoisotopic (exact) mass is 447 g/mol. The molecule has 8 heteroatoms. The van der Waals surface area contributed by atoms with E-state index < -0.39 is 0 Å². The summed E-state index contributed by atoms with van der Waals surface area (Å²) in [6.07, 6.45) is 3.04. The summed E-state index contributed by atoms with van der Waals surface area (Å²) >= 11 is 1.53. The second-order valence-electron chi connectivity index (χ2n) is 7.19. The Bertz CT molecular complexity index is 1070. The van der Waals surface area contributed by atoms with Gasteiger partial charge in [0.25, 0.3) is 0 Å². The molecule has 2 heterocycles. The Labute approximate surface area is 192 Å². The van der Waals surface area contributed by atoms with Gasteiger partial charge < -0.3 is 19.9 Å². The summed E-state index contributed by atoms with van der Waals surface area (Å²) in [5.41, 5.74) is 2.93. The van der Waals surface area contributed by atoms with Gasteiger partial charge in [-0.3, -0.25) is 4.79 Å². The highest BCUT2D eigenvalue weighted by Crippen LogP contribution is 2.29. The summed E-state index contributed by atoms with van der Waals surface area (Å²) in [5.74, 6) is 0.400. The molecule has 1 aliphatic heterocycles. The highest BCUT2D eigenvalue weighted by atomic mass is 32.2. The van der Waals surface area contributed by atoms with Crippen LogP contribution in [0.5, 0.6) is 0 Å². The van der Waals surface area contributed by atoms with Crippen LogP contribution in [0.3, 0.4) is 0 Å². The van der Waals surface area contributed by atoms with Crippen molar-refractivity contribution in [3.63, 3.8) is 0 Å². The van der Waals surface area contributed by atoms with Gasteiger partial charge in [0.1, 0.15) is 5.03 Å². The molecule has 0 aliphatic carbocycles. The number of carbonyl (C=O) groups is 1. The molecule has 0 atom stereocenters. The average molecular weight is 448 g/mol. The number of hydrogen-bond acceptors (Lipinski definition) is 7. The minimum Gasteiger partial charge on any atom is -0.378 e. The summed E-state index contributed by atoms with van der Waals surface area (Å²) in [6.45, 7) is 6.89. The van der Waals surface area contributed by atoms with Gasteiger partial charge in [0.15, 0.2) is 0 Å². The predicted molar refractivity (Wildman–Crippen MR) is 129 cm³/mol. The SMILES string of the molecule is C=CC(=O)N(C)c1ccc(Sc2ccnc(Nc3ccc(N4CCOCC4)cc3)n2)cc1. The molecule has 7 nitrogen and oxygen atoms in total. The number of carbonyl (C=O) groups excluding carboxylic acids is 1. The number of rotatable bonds is 7. The van der Waals surface area contributed by atoms with Crippen LogP contribution in [-0.4, -0.2) is 49.2 Å². The summed E-state index contributed by atoms with van der Waals surface area (Å²) in [4.78, 5) is 25.6. The van der Waals surface area contributed by atoms with Gasteiger partial charge in [-0.25, -0.2) is 9.97 Å². The molecule has 0 radical (unpaired) electrons. The summed E-state index contributed by atoms with van der Waals surface area (Å²) in [6, 6.07) is 17.9. The highest BCUT2D eigenvalue weighted by Gasteiger charge is 2.11. The maximum absolute atomic E-state index is 11.7. The van der Waals surface area contributed by atoms with Crippen molar-refractivity contribution in [3.05, 3.63) is 73.4 Å². The quantitative estimate of drug-likeness (QED) is 0.426. The molecular formula is C24H25N5O2S. The van der Waals surface area contributed by atoms with Crippen LogP contribution in [0.1, 0.15) is 0 Å². The number of benzene rings is 2. The van der Waals surface area contributed by atoms with Crippen LogP contribution in [0.2, 0.25) is 0 Å². The molecule has 0 saturated carbocycles. The van der Waals surface area contributed by atoms with Crippen LogP contribution in [0.15, 0.2) is 83.4 Å². The number of hydrogen-bond donors (Lipinski definition) is 1. The molecule has 4 rings (SSSR count). The Hall–Kier alpha value is -3.36. The standard InChI is InChI=1S/C24H25N5O2S/c1-3-23(30)28(2)19-8-10-21(11-9-19)32-22-12-13-25-24(27-22)26-18-4-6-20(7-5-18)29-14-16-31-17-15-29/h3-13H,1,14-17H2,2H3,(H,25,26,27). The van der Waals surface area contributed by atoms with E-state index in [2.05, 4.69) is 38.9 Å². The van der Waals surface area contributed by atoms with E-state index in [1.54, 1.807) is 18.1 Å². The van der Waals surface area contributed by atoms with Crippen molar-refractivity contribution in [1.82, 2.24) is 9.97 Å². The zero-order valence-electron chi connectivity index (χ0n) is 17.9. The first-order valence-corrected chi connectivity index (χ1v) is 11.1. The number of anilines is 4. The fourth-order valence-corrected chi connectivity index (χ4v) is 4.06. The van der Waals surface area contributed by atoms with Crippen LogP contribution in [0.4, 0.5) is 23.0 Å². The smallest absolute Gasteiger partial charge is 0.250 e. The minimum atomic E-state index is -0.144. The number of amides is 1. The van der Waals surface area contributed by atoms with Crippen LogP contribution >= 0.6 is 11.8 Å². The molecule has 1 fully saturated rings. The third kappa shape index (κ3) is 5.46. The van der Waals surface area contributed by atoms with Crippen molar-refractivity contribution in [1.29, 1.82) is 0 Å². The number of nitrogens with zero attached hydrogens (tertiary/aromatic N) is 4. The fraction of sp³-hybridized carbons (Fsp3) is 0.208. The van der Waals surface area contributed by atoms with E-state index in [4.69, 9.17) is 4.74 Å². The van der Waals surface area contributed by atoms with E-state index >= 15 is 0 Å². The number of likely N-dealkylation sites (N-methyl/N-ethyl adjacent to an activating group) is 1. The van der Waals surface area contributed by atoms with E-state index in [0.29, 0.717) is 5.95 Å². The third-order valence-corrected chi connectivity index (χ3v) is 6.03. The zero-order valence-corrected chi connectivity index (χ0v) is 18.7. The van der Waals surface area contributed by atoms with Crippen molar-refractivity contribution in [2.45, 2.75) is 9.92 Å². The summed E-state index contributed by atoms with van der Waals surface area (Å²) in [7, 11) is 1.72. The lowest BCUT2D eigenvalue weighted by molar-refractivity contribution is -0.113. The second-order valence-corrected chi connectivity index (χ2v) is 8.28. The summed E-state index contributed by atoms with van der Waals surface area (Å²) in [5, 5.41) is 4.10. The fourth-order valence-electron chi connectivity index (χ4n) is 3.29. The number of nitrogens with one attached hydrogen (secondary N) is 1. The molecule has 1 N–H and O–H groups in total. The first kappa shape index (κ1) is 21.9. The van der Waals surface area contributed by atoms with Crippen molar-refractivity contribution >= 4 is 40.7 Å². The lowest BCUT2D eigenvalue weighted by Gasteiger charge is -2.28. The largest absolute Gasteiger partial charge is 0.378 e. The van der Waals surface area contributed by atoms with E-state index in [0.717, 1.165) is 47.6 Å². The Balaban J connectivity index is 1.39. The minimum absolute atomic E-state index is 0.144. The van der Waals surface area contributed by atoms with Gasteiger partial charge >= 0.3 is 0 Å². The van der Waals surface area contributed by atoms with E-state index in [1.807, 2.05) is 42.5 Å². The predicted octanol–water partition coefficient (Wildman–Crippen LogP) is 4.36. The molecule has 164 valence electrons. The molecule has 0 spiro atoms. The second kappa shape index (κ2) is 10.3. The molecule has 1 amide bonds. The Morgan fingerprint density at radius 1 is 1.12 bits per heavy atom. The maximum Gasteiger partial charge on any atom is 0.250 e. The van der Waals surface area contributed by atoms with Gasteiger partial charge in [0.2, 0.25) is 11.9 Å². The Morgan fingerprint density at radius 3 is 2.53 bits per heavy atom. The lowest BCUT2D eigenvalue weighted by Crippen LogP contribution is -2.36. The third-order valence-electron chi connectivity index (χ3n) is 5.08. The summed E-state index contributed by atoms with van der Waals surface area (Å²) < 4.78 is 5.42. The van der Waals surface area contributed by atoms with Gasteiger partial charge in [0.05, 0.1) is 13.2 Å². The van der Waals surface area contributed by atoms with Crippen molar-refractivity contribution in [2.75, 3.05) is 48.5 Å². The van der Waals surface area contributed by atoms with Crippen LogP contribution in [0, 0.1) is 0 Å². The normalized spacial score (nSPS) is 13.5. The molecule has 0 unspecified atom stereocenters. The van der Waals surface area contributed by atoms with E-state index in [9.17, 15) is 4.79 Å². The molecule has 1 aromatic heterocycles. The molecule has 1 aliphatic rings. The molecule has 2 aromatic carbocycles. The molecule has 3 aromatic rings. The van der Waals surface area contributed by atoms with Gasteiger partial charge in [-0.05, 0) is 60.7 Å². The number of ether oxygens (including phenoxy) is 1.